The Morgan fingerprint density at radius 3 is 2.74 bits per heavy atom. The molecule has 1 amide bonds. The van der Waals surface area contributed by atoms with E-state index in [4.69, 9.17) is 4.42 Å². The van der Waals surface area contributed by atoms with Crippen LogP contribution in [0.4, 0.5) is 4.39 Å². The number of aryl methyl sites for hydroxylation is 2. The number of hydrogen-bond acceptors (Lipinski definition) is 4. The number of nitrogens with zero attached hydrogens (tertiary/aromatic N) is 1. The van der Waals surface area contributed by atoms with Gasteiger partial charge in [-0.15, -0.1) is 11.3 Å². The third-order valence-corrected chi connectivity index (χ3v) is 4.52. The van der Waals surface area contributed by atoms with Gasteiger partial charge < -0.3 is 9.73 Å². The standard InChI is InChI=1S/C17H15FN2O2S/c1-10-7-8-14(22-10)17-20-11(2)15(23-17)16(21)19-9-12-5-3-4-6-13(12)18/h3-8H,9H2,1-2H3,(H,19,21). The summed E-state index contributed by atoms with van der Waals surface area (Å²) in [5.41, 5.74) is 1.08. The van der Waals surface area contributed by atoms with Crippen LogP contribution in [0.5, 0.6) is 0 Å². The molecule has 3 rings (SSSR count). The molecule has 0 aliphatic rings. The predicted molar refractivity (Wildman–Crippen MR) is 86.9 cm³/mol. The van der Waals surface area contributed by atoms with Crippen LogP contribution in [-0.4, -0.2) is 10.9 Å². The molecule has 1 N–H and O–H groups in total. The maximum atomic E-state index is 13.6. The quantitative estimate of drug-likeness (QED) is 0.784. The zero-order valence-electron chi connectivity index (χ0n) is 12.7. The summed E-state index contributed by atoms with van der Waals surface area (Å²) in [6.45, 7) is 3.76. The summed E-state index contributed by atoms with van der Waals surface area (Å²) in [7, 11) is 0. The lowest BCUT2D eigenvalue weighted by molar-refractivity contribution is 0.0954. The van der Waals surface area contributed by atoms with Crippen molar-refractivity contribution < 1.29 is 13.6 Å². The highest BCUT2D eigenvalue weighted by Crippen LogP contribution is 2.29. The van der Waals surface area contributed by atoms with Gasteiger partial charge in [-0.2, -0.15) is 0 Å². The molecule has 6 heteroatoms. The number of amides is 1. The minimum atomic E-state index is -0.333. The number of nitrogens with one attached hydrogen (secondary N) is 1. The van der Waals surface area contributed by atoms with Gasteiger partial charge in [0, 0.05) is 12.1 Å². The molecule has 3 aromatic rings. The van der Waals surface area contributed by atoms with Gasteiger partial charge in [0.2, 0.25) is 0 Å². The van der Waals surface area contributed by atoms with Crippen LogP contribution in [0.25, 0.3) is 10.8 Å². The van der Waals surface area contributed by atoms with Crippen LogP contribution in [0.2, 0.25) is 0 Å². The van der Waals surface area contributed by atoms with E-state index in [9.17, 15) is 9.18 Å². The van der Waals surface area contributed by atoms with E-state index < -0.39 is 0 Å². The second kappa shape index (κ2) is 6.34. The largest absolute Gasteiger partial charge is 0.459 e. The summed E-state index contributed by atoms with van der Waals surface area (Å²) < 4.78 is 19.1. The van der Waals surface area contributed by atoms with E-state index in [2.05, 4.69) is 10.3 Å². The van der Waals surface area contributed by atoms with Crippen molar-refractivity contribution >= 4 is 17.2 Å². The number of thiazole rings is 1. The fraction of sp³-hybridized carbons (Fsp3) is 0.176. The third kappa shape index (κ3) is 3.32. The molecule has 1 aromatic carbocycles. The van der Waals surface area contributed by atoms with Crippen LogP contribution in [0, 0.1) is 19.7 Å². The zero-order valence-corrected chi connectivity index (χ0v) is 13.5. The van der Waals surface area contributed by atoms with Crippen LogP contribution in [0.15, 0.2) is 40.8 Å². The Bertz CT molecular complexity index is 854. The molecule has 0 aliphatic carbocycles. The highest BCUT2D eigenvalue weighted by Gasteiger charge is 2.18. The molecule has 0 aliphatic heterocycles. The van der Waals surface area contributed by atoms with Gasteiger partial charge in [0.1, 0.15) is 16.5 Å². The van der Waals surface area contributed by atoms with Crippen molar-refractivity contribution in [3.63, 3.8) is 0 Å². The molecule has 0 saturated heterocycles. The second-order valence-electron chi connectivity index (χ2n) is 5.12. The van der Waals surface area contributed by atoms with Crippen molar-refractivity contribution in [2.24, 2.45) is 0 Å². The second-order valence-corrected chi connectivity index (χ2v) is 6.12. The Morgan fingerprint density at radius 1 is 1.26 bits per heavy atom. The number of rotatable bonds is 4. The summed E-state index contributed by atoms with van der Waals surface area (Å²) in [6, 6.07) is 10.0. The van der Waals surface area contributed by atoms with E-state index in [0.717, 1.165) is 5.76 Å². The fourth-order valence-electron chi connectivity index (χ4n) is 2.16. The van der Waals surface area contributed by atoms with E-state index in [1.54, 1.807) is 25.1 Å². The molecular formula is C17H15FN2O2S. The number of aromatic nitrogens is 1. The van der Waals surface area contributed by atoms with Gasteiger partial charge in [-0.05, 0) is 32.0 Å². The Hall–Kier alpha value is -2.47. The average molecular weight is 330 g/mol. The molecule has 118 valence electrons. The molecule has 2 aromatic heterocycles. The number of hydrogen-bond donors (Lipinski definition) is 1. The van der Waals surface area contributed by atoms with E-state index >= 15 is 0 Å². The molecule has 4 nitrogen and oxygen atoms in total. The van der Waals surface area contributed by atoms with E-state index in [1.807, 2.05) is 19.1 Å². The molecule has 0 spiro atoms. The third-order valence-electron chi connectivity index (χ3n) is 3.35. The molecule has 2 heterocycles. The molecule has 0 saturated carbocycles. The first-order chi connectivity index (χ1) is 11.0. The lowest BCUT2D eigenvalue weighted by Gasteiger charge is -2.05. The maximum Gasteiger partial charge on any atom is 0.263 e. The zero-order chi connectivity index (χ0) is 16.4. The van der Waals surface area contributed by atoms with E-state index in [0.29, 0.717) is 26.9 Å². The summed E-state index contributed by atoms with van der Waals surface area (Å²) >= 11 is 1.26. The Morgan fingerprint density at radius 2 is 2.04 bits per heavy atom. The Balaban J connectivity index is 1.75. The van der Waals surface area contributed by atoms with Crippen molar-refractivity contribution in [2.75, 3.05) is 0 Å². The number of halogens is 1. The Kier molecular flexibility index (Phi) is 4.25. The minimum Gasteiger partial charge on any atom is -0.459 e. The van der Waals surface area contributed by atoms with Crippen molar-refractivity contribution in [1.82, 2.24) is 10.3 Å². The van der Waals surface area contributed by atoms with Gasteiger partial charge in [-0.1, -0.05) is 18.2 Å². The lowest BCUT2D eigenvalue weighted by Crippen LogP contribution is -2.23. The van der Waals surface area contributed by atoms with Gasteiger partial charge >= 0.3 is 0 Å². The van der Waals surface area contributed by atoms with E-state index in [-0.39, 0.29) is 18.3 Å². The van der Waals surface area contributed by atoms with Crippen molar-refractivity contribution in [3.05, 3.63) is 64.1 Å². The molecule has 0 atom stereocenters. The van der Waals surface area contributed by atoms with Crippen LogP contribution >= 0.6 is 11.3 Å². The van der Waals surface area contributed by atoms with Crippen LogP contribution in [0.3, 0.4) is 0 Å². The monoisotopic (exact) mass is 330 g/mol. The predicted octanol–water partition coefficient (Wildman–Crippen LogP) is 4.09. The first-order valence-electron chi connectivity index (χ1n) is 7.10. The van der Waals surface area contributed by atoms with Crippen molar-refractivity contribution in [2.45, 2.75) is 20.4 Å². The summed E-state index contributed by atoms with van der Waals surface area (Å²) in [5, 5.41) is 3.39. The van der Waals surface area contributed by atoms with Crippen molar-refractivity contribution in [3.8, 4) is 10.8 Å². The van der Waals surface area contributed by atoms with E-state index in [1.165, 1.54) is 17.4 Å². The average Bonchev–Trinajstić information content (AvgIpc) is 3.12. The lowest BCUT2D eigenvalue weighted by atomic mass is 10.2. The molecule has 0 unspecified atom stereocenters. The minimum absolute atomic E-state index is 0.137. The van der Waals surface area contributed by atoms with Gasteiger partial charge in [-0.3, -0.25) is 4.79 Å². The summed E-state index contributed by atoms with van der Waals surface area (Å²) in [4.78, 5) is 17.2. The summed E-state index contributed by atoms with van der Waals surface area (Å²) in [6.07, 6.45) is 0. The highest BCUT2D eigenvalue weighted by molar-refractivity contribution is 7.17. The molecule has 0 radical (unpaired) electrons. The van der Waals surface area contributed by atoms with Crippen LogP contribution in [0.1, 0.15) is 26.7 Å². The van der Waals surface area contributed by atoms with Crippen LogP contribution < -0.4 is 5.32 Å². The first-order valence-corrected chi connectivity index (χ1v) is 7.92. The number of carbonyl (C=O) groups excluding carboxylic acids is 1. The molecule has 0 bridgehead atoms. The number of furan rings is 1. The normalized spacial score (nSPS) is 10.7. The maximum absolute atomic E-state index is 13.6. The number of carbonyl (C=O) groups is 1. The Labute approximate surface area is 137 Å². The van der Waals surface area contributed by atoms with Gasteiger partial charge in [0.25, 0.3) is 5.91 Å². The number of benzene rings is 1. The SMILES string of the molecule is Cc1ccc(-c2nc(C)c(C(=O)NCc3ccccc3F)s2)o1. The van der Waals surface area contributed by atoms with Gasteiger partial charge in [-0.25, -0.2) is 9.37 Å². The smallest absolute Gasteiger partial charge is 0.263 e. The molecule has 0 fully saturated rings. The molecular weight excluding hydrogens is 315 g/mol. The highest BCUT2D eigenvalue weighted by atomic mass is 32.1. The topological polar surface area (TPSA) is 55.1 Å². The molecule has 23 heavy (non-hydrogen) atoms. The fourth-order valence-corrected chi connectivity index (χ4v) is 3.10. The summed E-state index contributed by atoms with van der Waals surface area (Å²) in [5.74, 6) is 0.834. The van der Waals surface area contributed by atoms with Gasteiger partial charge in [0.15, 0.2) is 10.8 Å². The van der Waals surface area contributed by atoms with Crippen LogP contribution in [-0.2, 0) is 6.54 Å². The first kappa shape index (κ1) is 15.4. The van der Waals surface area contributed by atoms with Gasteiger partial charge in [0.05, 0.1) is 5.69 Å². The van der Waals surface area contributed by atoms with Crippen molar-refractivity contribution in [1.29, 1.82) is 0 Å².